The van der Waals surface area contributed by atoms with Crippen molar-refractivity contribution in [2.24, 2.45) is 5.41 Å². The first-order valence-corrected chi connectivity index (χ1v) is 9.59. The number of ketones is 1. The van der Waals surface area contributed by atoms with E-state index in [0.29, 0.717) is 16.7 Å². The fraction of sp³-hybridized carbons (Fsp3) is 0.391. The predicted octanol–water partition coefficient (Wildman–Crippen LogP) is 5.10. The number of hydrogen-bond donors (Lipinski definition) is 2. The maximum Gasteiger partial charge on any atom is 0.335 e. The standard InChI is InChI=1S/C23H28O4S/c1-12-10-17(11-13(2)20(12)28)18(24)8-9-23(6)16(5)14(3)19(22(25)26)15(4)21(23)27-7/h8-11,21,28H,1-7H3,(H,25,26). The van der Waals surface area contributed by atoms with Gasteiger partial charge in [0, 0.05) is 23.0 Å². The SMILES string of the molecule is COC1C(C)=C(C(=O)O)C(C)=C(C)C1(C)C=CC(=O)c1cc(C)c(S)c(C)c1. The van der Waals surface area contributed by atoms with Gasteiger partial charge in [0.15, 0.2) is 5.78 Å². The van der Waals surface area contributed by atoms with Crippen LogP contribution < -0.4 is 0 Å². The molecular formula is C23H28O4S. The Morgan fingerprint density at radius 3 is 2.14 bits per heavy atom. The van der Waals surface area contributed by atoms with Gasteiger partial charge in [-0.3, -0.25) is 4.79 Å². The Morgan fingerprint density at radius 2 is 1.68 bits per heavy atom. The number of carboxylic acid groups (broad SMARTS) is 1. The zero-order valence-corrected chi connectivity index (χ0v) is 18.4. The van der Waals surface area contributed by atoms with Crippen molar-refractivity contribution in [3.05, 3.63) is 63.3 Å². The zero-order valence-electron chi connectivity index (χ0n) is 17.5. The number of aliphatic carboxylic acids is 1. The quantitative estimate of drug-likeness (QED) is 0.410. The van der Waals surface area contributed by atoms with E-state index >= 15 is 0 Å². The van der Waals surface area contributed by atoms with E-state index in [1.54, 1.807) is 27.0 Å². The molecule has 1 aromatic carbocycles. The summed E-state index contributed by atoms with van der Waals surface area (Å²) in [5.74, 6) is -1.07. The van der Waals surface area contributed by atoms with Crippen molar-refractivity contribution in [1.82, 2.24) is 0 Å². The number of rotatable bonds is 5. The minimum Gasteiger partial charge on any atom is -0.478 e. The average molecular weight is 401 g/mol. The number of ether oxygens (including phenoxy) is 1. The molecule has 150 valence electrons. The number of allylic oxidation sites excluding steroid dienone is 1. The molecule has 2 unspecified atom stereocenters. The van der Waals surface area contributed by atoms with E-state index in [0.717, 1.165) is 21.6 Å². The third-order valence-corrected chi connectivity index (χ3v) is 6.59. The van der Waals surface area contributed by atoms with Gasteiger partial charge >= 0.3 is 5.97 Å². The summed E-state index contributed by atoms with van der Waals surface area (Å²) in [6.07, 6.45) is 2.94. The molecule has 5 heteroatoms. The number of carbonyl (C=O) groups is 2. The van der Waals surface area contributed by atoms with E-state index in [1.807, 2.05) is 45.9 Å². The predicted molar refractivity (Wildman–Crippen MR) is 114 cm³/mol. The molecule has 1 aromatic rings. The Labute approximate surface area is 172 Å². The Hall–Kier alpha value is -2.11. The van der Waals surface area contributed by atoms with Crippen molar-refractivity contribution in [2.45, 2.75) is 52.5 Å². The fourth-order valence-corrected chi connectivity index (χ4v) is 4.20. The van der Waals surface area contributed by atoms with Gasteiger partial charge in [-0.2, -0.15) is 0 Å². The van der Waals surface area contributed by atoms with Gasteiger partial charge in [-0.1, -0.05) is 11.6 Å². The van der Waals surface area contributed by atoms with Crippen LogP contribution in [0.1, 0.15) is 49.2 Å². The fourth-order valence-electron chi connectivity index (χ4n) is 4.07. The van der Waals surface area contributed by atoms with Crippen molar-refractivity contribution in [3.8, 4) is 0 Å². The molecule has 28 heavy (non-hydrogen) atoms. The van der Waals surface area contributed by atoms with Crippen LogP contribution in [0.4, 0.5) is 0 Å². The molecule has 0 fully saturated rings. The average Bonchev–Trinajstić information content (AvgIpc) is 2.62. The topological polar surface area (TPSA) is 63.6 Å². The van der Waals surface area contributed by atoms with Gasteiger partial charge in [0.1, 0.15) is 0 Å². The summed E-state index contributed by atoms with van der Waals surface area (Å²) in [5, 5.41) is 9.60. The number of methoxy groups -OCH3 is 1. The Kier molecular flexibility index (Phi) is 6.41. The normalized spacial score (nSPS) is 22.9. The van der Waals surface area contributed by atoms with Gasteiger partial charge in [0.2, 0.25) is 0 Å². The second kappa shape index (κ2) is 8.10. The number of benzene rings is 1. The molecular weight excluding hydrogens is 372 g/mol. The summed E-state index contributed by atoms with van der Waals surface area (Å²) >= 11 is 4.45. The van der Waals surface area contributed by atoms with E-state index < -0.39 is 17.5 Å². The zero-order chi connectivity index (χ0) is 21.4. The summed E-state index contributed by atoms with van der Waals surface area (Å²) in [7, 11) is 1.56. The van der Waals surface area contributed by atoms with Crippen LogP contribution >= 0.6 is 12.6 Å². The van der Waals surface area contributed by atoms with Crippen molar-refractivity contribution in [1.29, 1.82) is 0 Å². The van der Waals surface area contributed by atoms with Crippen molar-refractivity contribution in [2.75, 3.05) is 7.11 Å². The van der Waals surface area contributed by atoms with E-state index in [-0.39, 0.29) is 11.4 Å². The van der Waals surface area contributed by atoms with Gasteiger partial charge < -0.3 is 9.84 Å². The molecule has 0 saturated heterocycles. The third kappa shape index (κ3) is 3.74. The highest BCUT2D eigenvalue weighted by atomic mass is 32.1. The molecule has 2 rings (SSSR count). The molecule has 0 radical (unpaired) electrons. The molecule has 0 heterocycles. The highest BCUT2D eigenvalue weighted by molar-refractivity contribution is 7.80. The summed E-state index contributed by atoms with van der Waals surface area (Å²) in [6.45, 7) is 11.3. The number of aryl methyl sites for hydroxylation is 2. The first kappa shape index (κ1) is 22.2. The summed E-state index contributed by atoms with van der Waals surface area (Å²) < 4.78 is 5.68. The molecule has 0 aromatic heterocycles. The molecule has 1 aliphatic rings. The van der Waals surface area contributed by atoms with Crippen LogP contribution in [-0.2, 0) is 9.53 Å². The minimum atomic E-state index is -0.962. The second-order valence-corrected chi connectivity index (χ2v) is 8.12. The molecule has 0 bridgehead atoms. The monoisotopic (exact) mass is 400 g/mol. The molecule has 2 atom stereocenters. The van der Waals surface area contributed by atoms with Crippen LogP contribution in [0.25, 0.3) is 0 Å². The highest BCUT2D eigenvalue weighted by Gasteiger charge is 2.42. The minimum absolute atomic E-state index is 0.105. The van der Waals surface area contributed by atoms with E-state index in [4.69, 9.17) is 4.74 Å². The van der Waals surface area contributed by atoms with Gasteiger partial charge in [-0.05, 0) is 82.0 Å². The summed E-state index contributed by atoms with van der Waals surface area (Å²) in [6, 6.07) is 3.67. The first-order chi connectivity index (χ1) is 13.0. The first-order valence-electron chi connectivity index (χ1n) is 9.14. The Morgan fingerprint density at radius 1 is 1.14 bits per heavy atom. The lowest BCUT2D eigenvalue weighted by atomic mass is 9.67. The number of carboxylic acids is 1. The molecule has 0 saturated carbocycles. The number of thiol groups is 1. The van der Waals surface area contributed by atoms with Gasteiger partial charge in [-0.25, -0.2) is 4.79 Å². The lowest BCUT2D eigenvalue weighted by Gasteiger charge is -2.41. The molecule has 0 aliphatic heterocycles. The number of hydrogen-bond acceptors (Lipinski definition) is 4. The Balaban J connectivity index is 2.49. The maximum atomic E-state index is 12.8. The summed E-state index contributed by atoms with van der Waals surface area (Å²) in [5.41, 5.74) is 4.43. The lowest BCUT2D eigenvalue weighted by Crippen LogP contribution is -2.39. The molecule has 1 aliphatic carbocycles. The van der Waals surface area contributed by atoms with Gasteiger partial charge in [0.25, 0.3) is 0 Å². The van der Waals surface area contributed by atoms with E-state index in [2.05, 4.69) is 12.6 Å². The van der Waals surface area contributed by atoms with Gasteiger partial charge in [-0.15, -0.1) is 12.6 Å². The van der Waals surface area contributed by atoms with Crippen LogP contribution in [-0.4, -0.2) is 30.1 Å². The van der Waals surface area contributed by atoms with Crippen LogP contribution in [0, 0.1) is 19.3 Å². The Bertz CT molecular complexity index is 913. The van der Waals surface area contributed by atoms with Crippen LogP contribution in [0.5, 0.6) is 0 Å². The maximum absolute atomic E-state index is 12.8. The molecule has 4 nitrogen and oxygen atoms in total. The summed E-state index contributed by atoms with van der Waals surface area (Å²) in [4.78, 5) is 25.4. The highest BCUT2D eigenvalue weighted by Crippen LogP contribution is 2.45. The van der Waals surface area contributed by atoms with Crippen LogP contribution in [0.3, 0.4) is 0 Å². The second-order valence-electron chi connectivity index (χ2n) is 7.67. The van der Waals surface area contributed by atoms with Crippen LogP contribution in [0.2, 0.25) is 0 Å². The molecule has 0 spiro atoms. The van der Waals surface area contributed by atoms with Crippen molar-refractivity contribution in [3.63, 3.8) is 0 Å². The van der Waals surface area contributed by atoms with E-state index in [1.165, 1.54) is 0 Å². The lowest BCUT2D eigenvalue weighted by molar-refractivity contribution is -0.132. The van der Waals surface area contributed by atoms with Gasteiger partial charge in [0.05, 0.1) is 11.7 Å². The largest absolute Gasteiger partial charge is 0.478 e. The molecule has 1 N–H and O–H groups in total. The van der Waals surface area contributed by atoms with Crippen LogP contribution in [0.15, 0.2) is 51.5 Å². The smallest absolute Gasteiger partial charge is 0.335 e. The number of carbonyl (C=O) groups excluding carboxylic acids is 1. The van der Waals surface area contributed by atoms with Crippen molar-refractivity contribution < 1.29 is 19.4 Å². The third-order valence-electron chi connectivity index (χ3n) is 5.88. The van der Waals surface area contributed by atoms with E-state index in [9.17, 15) is 14.7 Å². The van der Waals surface area contributed by atoms with Crippen molar-refractivity contribution >= 4 is 24.4 Å². The molecule has 0 amide bonds.